The van der Waals surface area contributed by atoms with Crippen molar-refractivity contribution in [3.05, 3.63) is 89.8 Å². The van der Waals surface area contributed by atoms with Crippen LogP contribution in [0.4, 0.5) is 5.82 Å². The summed E-state index contributed by atoms with van der Waals surface area (Å²) in [5, 5.41) is 0. The van der Waals surface area contributed by atoms with Crippen LogP contribution in [0, 0.1) is 0 Å². The van der Waals surface area contributed by atoms with Gasteiger partial charge in [-0.3, -0.25) is 9.69 Å². The first-order valence-electron chi connectivity index (χ1n) is 10.2. The highest BCUT2D eigenvalue weighted by molar-refractivity contribution is 8.08. The molecule has 0 saturated heterocycles. The largest absolute Gasteiger partial charge is 0.493 e. The van der Waals surface area contributed by atoms with E-state index in [4.69, 9.17) is 14.2 Å². The number of carbonyl (C=O) groups is 1. The van der Waals surface area contributed by atoms with Crippen LogP contribution in [0.25, 0.3) is 4.91 Å². The van der Waals surface area contributed by atoms with E-state index in [0.29, 0.717) is 36.2 Å². The first-order chi connectivity index (χ1) is 15.7. The lowest BCUT2D eigenvalue weighted by atomic mass is 10.1. The first kappa shape index (κ1) is 21.8. The molecule has 4 rings (SSSR count). The summed E-state index contributed by atoms with van der Waals surface area (Å²) in [4.78, 5) is 20.7. The van der Waals surface area contributed by atoms with E-state index in [9.17, 15) is 4.79 Å². The Hall–Kier alpha value is -3.45. The fourth-order valence-electron chi connectivity index (χ4n) is 3.44. The monoisotopic (exact) mass is 448 g/mol. The van der Waals surface area contributed by atoms with Gasteiger partial charge in [0, 0.05) is 11.9 Å². The Morgan fingerprint density at radius 3 is 2.53 bits per heavy atom. The Balaban J connectivity index is 1.74. The number of anilines is 1. The Kier molecular flexibility index (Phi) is 6.97. The third kappa shape index (κ3) is 4.73. The van der Waals surface area contributed by atoms with Gasteiger partial charge in [-0.25, -0.2) is 4.98 Å². The van der Waals surface area contributed by atoms with Gasteiger partial charge in [0.15, 0.2) is 17.3 Å². The molecule has 0 spiro atoms. The molecule has 7 heteroatoms. The molecule has 0 saturated carbocycles. The van der Waals surface area contributed by atoms with Crippen LogP contribution in [-0.2, 0) is 16.1 Å². The van der Waals surface area contributed by atoms with E-state index in [0.717, 1.165) is 21.8 Å². The molecular formula is C25H24N2O4S. The molecule has 6 nitrogen and oxygen atoms in total. The zero-order valence-electron chi connectivity index (χ0n) is 18.0. The number of carbonyl (C=O) groups excluding carboxylic acids is 1. The Bertz CT molecular complexity index is 1100. The van der Waals surface area contributed by atoms with Crippen molar-refractivity contribution in [3.63, 3.8) is 0 Å². The number of hydrogen-bond donors (Lipinski definition) is 0. The van der Waals surface area contributed by atoms with Crippen molar-refractivity contribution in [2.75, 3.05) is 31.5 Å². The maximum absolute atomic E-state index is 13.8. The van der Waals surface area contributed by atoms with Gasteiger partial charge in [0.25, 0.3) is 5.91 Å². The van der Waals surface area contributed by atoms with E-state index in [1.54, 1.807) is 37.1 Å². The lowest BCUT2D eigenvalue weighted by Crippen LogP contribution is -2.34. The Morgan fingerprint density at radius 2 is 1.81 bits per heavy atom. The number of pyridine rings is 1. The van der Waals surface area contributed by atoms with Gasteiger partial charge in [-0.1, -0.05) is 42.5 Å². The molecule has 0 fully saturated rings. The maximum Gasteiger partial charge on any atom is 0.296 e. The third-order valence-corrected chi connectivity index (χ3v) is 6.05. The number of thioether (sulfide) groups is 1. The number of rotatable bonds is 7. The summed E-state index contributed by atoms with van der Waals surface area (Å²) in [5.41, 5.74) is 1.85. The molecular weight excluding hydrogens is 424 g/mol. The molecule has 1 aliphatic rings. The molecule has 0 unspecified atom stereocenters. The maximum atomic E-state index is 13.8. The van der Waals surface area contributed by atoms with Crippen LogP contribution >= 0.6 is 11.8 Å². The summed E-state index contributed by atoms with van der Waals surface area (Å²) >= 11 is 1.63. The summed E-state index contributed by atoms with van der Waals surface area (Å²) in [6, 6.07) is 21.0. The van der Waals surface area contributed by atoms with E-state index in [-0.39, 0.29) is 5.91 Å². The second kappa shape index (κ2) is 10.2. The standard InChI is InChI=1S/C25H24N2O4S/c1-29-20-12-11-18(16-21(20)30-2)17-27(22-10-6-7-13-26-22)25(28)23-24(32-15-14-31-23)19-8-4-3-5-9-19/h3-13,16H,14-15,17H2,1-2H3. The minimum absolute atomic E-state index is 0.232. The number of aromatic nitrogens is 1. The second-order valence-electron chi connectivity index (χ2n) is 6.99. The Morgan fingerprint density at radius 1 is 1.03 bits per heavy atom. The van der Waals surface area contributed by atoms with Crippen molar-refractivity contribution in [3.8, 4) is 11.5 Å². The van der Waals surface area contributed by atoms with E-state index < -0.39 is 0 Å². The van der Waals surface area contributed by atoms with Crippen LogP contribution < -0.4 is 14.4 Å². The molecule has 0 radical (unpaired) electrons. The molecule has 1 amide bonds. The van der Waals surface area contributed by atoms with Gasteiger partial charge >= 0.3 is 0 Å². The van der Waals surface area contributed by atoms with Crippen molar-refractivity contribution in [2.45, 2.75) is 6.54 Å². The van der Waals surface area contributed by atoms with Crippen LogP contribution in [0.2, 0.25) is 0 Å². The van der Waals surface area contributed by atoms with Crippen LogP contribution in [0.3, 0.4) is 0 Å². The molecule has 32 heavy (non-hydrogen) atoms. The van der Waals surface area contributed by atoms with Gasteiger partial charge in [-0.05, 0) is 35.4 Å². The number of nitrogens with zero attached hydrogens (tertiary/aromatic N) is 2. The van der Waals surface area contributed by atoms with Crippen LogP contribution in [-0.4, -0.2) is 37.5 Å². The van der Waals surface area contributed by atoms with Gasteiger partial charge in [-0.2, -0.15) is 0 Å². The van der Waals surface area contributed by atoms with Crippen molar-refractivity contribution in [1.82, 2.24) is 4.98 Å². The SMILES string of the molecule is COc1ccc(CN(C(=O)C2=C(c3ccccc3)SCCO2)c2ccccn2)cc1OC. The predicted octanol–water partition coefficient (Wildman–Crippen LogP) is 4.76. The third-order valence-electron chi connectivity index (χ3n) is 4.97. The van der Waals surface area contributed by atoms with E-state index >= 15 is 0 Å². The van der Waals surface area contributed by atoms with Gasteiger partial charge < -0.3 is 14.2 Å². The summed E-state index contributed by atoms with van der Waals surface area (Å²) in [6.07, 6.45) is 1.67. The minimum atomic E-state index is -0.232. The summed E-state index contributed by atoms with van der Waals surface area (Å²) in [5.74, 6) is 2.69. The zero-order valence-corrected chi connectivity index (χ0v) is 18.8. The number of ether oxygens (including phenoxy) is 3. The fraction of sp³-hybridized carbons (Fsp3) is 0.200. The molecule has 1 aliphatic heterocycles. The summed E-state index contributed by atoms with van der Waals surface area (Å²) < 4.78 is 16.7. The van der Waals surface area contributed by atoms with E-state index in [1.165, 1.54) is 0 Å². The number of hydrogen-bond acceptors (Lipinski definition) is 6. The van der Waals surface area contributed by atoms with Crippen LogP contribution in [0.5, 0.6) is 11.5 Å². The van der Waals surface area contributed by atoms with Crippen LogP contribution in [0.1, 0.15) is 11.1 Å². The lowest BCUT2D eigenvalue weighted by molar-refractivity contribution is -0.118. The highest BCUT2D eigenvalue weighted by Gasteiger charge is 2.29. The number of methoxy groups -OCH3 is 2. The highest BCUT2D eigenvalue weighted by Crippen LogP contribution is 2.36. The van der Waals surface area contributed by atoms with Crippen molar-refractivity contribution < 1.29 is 19.0 Å². The van der Waals surface area contributed by atoms with Crippen molar-refractivity contribution in [1.29, 1.82) is 0 Å². The van der Waals surface area contributed by atoms with Crippen molar-refractivity contribution >= 4 is 28.4 Å². The van der Waals surface area contributed by atoms with Crippen molar-refractivity contribution in [2.24, 2.45) is 0 Å². The van der Waals surface area contributed by atoms with Gasteiger partial charge in [-0.15, -0.1) is 11.8 Å². The highest BCUT2D eigenvalue weighted by atomic mass is 32.2. The molecule has 1 aromatic heterocycles. The molecule has 2 aromatic carbocycles. The van der Waals surface area contributed by atoms with Gasteiger partial charge in [0.05, 0.1) is 32.3 Å². The van der Waals surface area contributed by atoms with Crippen LogP contribution in [0.15, 0.2) is 78.7 Å². The molecule has 3 aromatic rings. The van der Waals surface area contributed by atoms with Gasteiger partial charge in [0.2, 0.25) is 0 Å². The smallest absolute Gasteiger partial charge is 0.296 e. The topological polar surface area (TPSA) is 60.9 Å². The Labute approximate surface area is 191 Å². The average Bonchev–Trinajstić information content (AvgIpc) is 2.87. The average molecular weight is 449 g/mol. The number of amides is 1. The molecule has 0 N–H and O–H groups in total. The lowest BCUT2D eigenvalue weighted by Gasteiger charge is -2.27. The number of benzene rings is 2. The first-order valence-corrected chi connectivity index (χ1v) is 11.2. The molecule has 0 bridgehead atoms. The quantitative estimate of drug-likeness (QED) is 0.519. The zero-order chi connectivity index (χ0) is 22.3. The predicted molar refractivity (Wildman–Crippen MR) is 127 cm³/mol. The fourth-order valence-corrected chi connectivity index (χ4v) is 4.39. The minimum Gasteiger partial charge on any atom is -0.493 e. The second-order valence-corrected chi connectivity index (χ2v) is 8.09. The molecule has 2 heterocycles. The van der Waals surface area contributed by atoms with E-state index in [1.807, 2.05) is 66.7 Å². The molecule has 0 aliphatic carbocycles. The summed E-state index contributed by atoms with van der Waals surface area (Å²) in [6.45, 7) is 0.782. The molecule has 0 atom stereocenters. The van der Waals surface area contributed by atoms with Gasteiger partial charge in [0.1, 0.15) is 5.82 Å². The summed E-state index contributed by atoms with van der Waals surface area (Å²) in [7, 11) is 3.18. The normalized spacial score (nSPS) is 13.3. The van der Waals surface area contributed by atoms with E-state index in [2.05, 4.69) is 4.98 Å². The molecule has 164 valence electrons.